The van der Waals surface area contributed by atoms with E-state index in [2.05, 4.69) is 76.6 Å². The van der Waals surface area contributed by atoms with E-state index in [1.165, 1.54) is 16.3 Å². The molecule has 0 aliphatic carbocycles. The molecule has 0 amide bonds. The molecule has 0 spiro atoms. The number of anilines is 1. The summed E-state index contributed by atoms with van der Waals surface area (Å²) in [6.45, 7) is 0. The van der Waals surface area contributed by atoms with Crippen molar-refractivity contribution in [1.29, 1.82) is 5.41 Å². The molecular formula is C26H21N3. The van der Waals surface area contributed by atoms with Gasteiger partial charge in [0.05, 0.1) is 16.7 Å². The van der Waals surface area contributed by atoms with Crippen LogP contribution in [0.3, 0.4) is 0 Å². The van der Waals surface area contributed by atoms with E-state index in [9.17, 15) is 0 Å². The molecule has 0 saturated heterocycles. The summed E-state index contributed by atoms with van der Waals surface area (Å²) >= 11 is 0. The summed E-state index contributed by atoms with van der Waals surface area (Å²) in [4.78, 5) is 0. The number of nitrogens with one attached hydrogen (secondary N) is 2. The van der Waals surface area contributed by atoms with Crippen molar-refractivity contribution in [2.75, 3.05) is 12.4 Å². The number of benzene rings is 4. The van der Waals surface area contributed by atoms with Crippen molar-refractivity contribution in [1.82, 2.24) is 4.57 Å². The van der Waals surface area contributed by atoms with Gasteiger partial charge in [0.15, 0.2) is 0 Å². The number of aromatic nitrogens is 1. The van der Waals surface area contributed by atoms with E-state index in [1.54, 1.807) is 0 Å². The number of hydrogen-bond acceptors (Lipinski definition) is 2. The molecule has 1 aromatic heterocycles. The van der Waals surface area contributed by atoms with Crippen LogP contribution in [0.5, 0.6) is 0 Å². The van der Waals surface area contributed by atoms with Crippen molar-refractivity contribution in [3.05, 3.63) is 108 Å². The largest absolute Gasteiger partial charge is 0.388 e. The second-order valence-electron chi connectivity index (χ2n) is 7.09. The molecule has 0 fully saturated rings. The zero-order chi connectivity index (χ0) is 19.8. The third kappa shape index (κ3) is 2.79. The third-order valence-electron chi connectivity index (χ3n) is 5.44. The van der Waals surface area contributed by atoms with Crippen LogP contribution in [0.25, 0.3) is 27.5 Å². The summed E-state index contributed by atoms with van der Waals surface area (Å²) in [5, 5.41) is 14.5. The Morgan fingerprint density at radius 1 is 0.724 bits per heavy atom. The molecule has 0 unspecified atom stereocenters. The minimum Gasteiger partial charge on any atom is -0.388 e. The molecular weight excluding hydrogens is 354 g/mol. The van der Waals surface area contributed by atoms with Crippen LogP contribution in [0.2, 0.25) is 0 Å². The first kappa shape index (κ1) is 17.3. The van der Waals surface area contributed by atoms with Gasteiger partial charge in [-0.25, -0.2) is 0 Å². The van der Waals surface area contributed by atoms with Crippen molar-refractivity contribution in [2.24, 2.45) is 0 Å². The van der Waals surface area contributed by atoms with E-state index in [0.29, 0.717) is 5.71 Å². The number of hydrogen-bond donors (Lipinski definition) is 2. The SMILES string of the molecule is CNc1ccccc1C(=N)c1ccc2c3ccccc3n(-c3ccccc3)c2c1. The Kier molecular flexibility index (Phi) is 4.14. The smallest absolute Gasteiger partial charge is 0.0706 e. The van der Waals surface area contributed by atoms with Gasteiger partial charge in [0.1, 0.15) is 0 Å². The second kappa shape index (κ2) is 6.95. The highest BCUT2D eigenvalue weighted by molar-refractivity contribution is 6.17. The van der Waals surface area contributed by atoms with E-state index < -0.39 is 0 Å². The van der Waals surface area contributed by atoms with Gasteiger partial charge in [-0.2, -0.15) is 0 Å². The molecule has 5 rings (SSSR count). The van der Waals surface area contributed by atoms with Gasteiger partial charge in [-0.05, 0) is 30.3 Å². The van der Waals surface area contributed by atoms with Crippen LogP contribution in [0.1, 0.15) is 11.1 Å². The summed E-state index contributed by atoms with van der Waals surface area (Å²) in [6, 6.07) is 33.2. The van der Waals surface area contributed by atoms with Gasteiger partial charge >= 0.3 is 0 Å². The van der Waals surface area contributed by atoms with Crippen LogP contribution < -0.4 is 5.32 Å². The average molecular weight is 375 g/mol. The maximum absolute atomic E-state index is 8.85. The Hall–Kier alpha value is -3.85. The highest BCUT2D eigenvalue weighted by atomic mass is 15.0. The first-order chi connectivity index (χ1) is 14.3. The second-order valence-corrected chi connectivity index (χ2v) is 7.09. The quantitative estimate of drug-likeness (QED) is 0.359. The minimum absolute atomic E-state index is 0.515. The lowest BCUT2D eigenvalue weighted by Gasteiger charge is -2.12. The van der Waals surface area contributed by atoms with E-state index in [1.807, 2.05) is 37.4 Å². The summed E-state index contributed by atoms with van der Waals surface area (Å²) < 4.78 is 2.28. The van der Waals surface area contributed by atoms with E-state index in [-0.39, 0.29) is 0 Å². The van der Waals surface area contributed by atoms with Crippen molar-refractivity contribution < 1.29 is 0 Å². The highest BCUT2D eigenvalue weighted by Gasteiger charge is 2.15. The number of rotatable bonds is 4. The van der Waals surface area contributed by atoms with Gasteiger partial charge in [-0.1, -0.05) is 66.7 Å². The number of nitrogens with zero attached hydrogens (tertiary/aromatic N) is 1. The van der Waals surface area contributed by atoms with Gasteiger partial charge < -0.3 is 9.88 Å². The standard InChI is InChI=1S/C26H21N3/c1-28-23-13-7-5-12-22(23)26(27)18-15-16-21-20-11-6-8-14-24(20)29(25(21)17-18)19-9-3-2-4-10-19/h2-17,27-28H,1H3. The van der Waals surface area contributed by atoms with Gasteiger partial charge in [0.2, 0.25) is 0 Å². The summed E-state index contributed by atoms with van der Waals surface area (Å²) in [7, 11) is 1.89. The maximum Gasteiger partial charge on any atom is 0.0706 e. The Morgan fingerprint density at radius 3 is 2.24 bits per heavy atom. The first-order valence-corrected chi connectivity index (χ1v) is 9.72. The Balaban J connectivity index is 1.77. The lowest BCUT2D eigenvalue weighted by atomic mass is 9.99. The average Bonchev–Trinajstić information content (AvgIpc) is 3.12. The van der Waals surface area contributed by atoms with E-state index >= 15 is 0 Å². The van der Waals surface area contributed by atoms with Gasteiger partial charge in [0, 0.05) is 40.3 Å². The van der Waals surface area contributed by atoms with Crippen LogP contribution in [0.15, 0.2) is 97.1 Å². The minimum atomic E-state index is 0.515. The normalized spacial score (nSPS) is 11.1. The molecule has 2 N–H and O–H groups in total. The summed E-state index contributed by atoms with van der Waals surface area (Å²) in [5.74, 6) is 0. The van der Waals surface area contributed by atoms with Crippen LogP contribution in [0.4, 0.5) is 5.69 Å². The topological polar surface area (TPSA) is 40.8 Å². The van der Waals surface area contributed by atoms with Crippen LogP contribution >= 0.6 is 0 Å². The van der Waals surface area contributed by atoms with Crippen LogP contribution in [0, 0.1) is 5.41 Å². The summed E-state index contributed by atoms with van der Waals surface area (Å²) in [6.07, 6.45) is 0. The molecule has 1 heterocycles. The van der Waals surface area contributed by atoms with Gasteiger partial charge in [-0.15, -0.1) is 0 Å². The highest BCUT2D eigenvalue weighted by Crippen LogP contribution is 2.33. The van der Waals surface area contributed by atoms with Gasteiger partial charge in [-0.3, -0.25) is 5.41 Å². The molecule has 29 heavy (non-hydrogen) atoms. The maximum atomic E-state index is 8.85. The van der Waals surface area contributed by atoms with Crippen LogP contribution in [-0.2, 0) is 0 Å². The zero-order valence-electron chi connectivity index (χ0n) is 16.2. The fourth-order valence-corrected chi connectivity index (χ4v) is 4.06. The summed E-state index contributed by atoms with van der Waals surface area (Å²) in [5.41, 5.74) is 6.69. The number of para-hydroxylation sites is 3. The van der Waals surface area contributed by atoms with Crippen molar-refractivity contribution in [2.45, 2.75) is 0 Å². The fraction of sp³-hybridized carbons (Fsp3) is 0.0385. The molecule has 0 aliphatic heterocycles. The molecule has 3 heteroatoms. The molecule has 0 radical (unpaired) electrons. The molecule has 0 aliphatic rings. The molecule has 0 atom stereocenters. The first-order valence-electron chi connectivity index (χ1n) is 9.72. The third-order valence-corrected chi connectivity index (χ3v) is 5.44. The Morgan fingerprint density at radius 2 is 1.41 bits per heavy atom. The van der Waals surface area contributed by atoms with Crippen molar-refractivity contribution >= 4 is 33.2 Å². The fourth-order valence-electron chi connectivity index (χ4n) is 4.06. The predicted octanol–water partition coefficient (Wildman–Crippen LogP) is 6.24. The van der Waals surface area contributed by atoms with Crippen LogP contribution in [-0.4, -0.2) is 17.3 Å². The molecule has 3 nitrogen and oxygen atoms in total. The number of fused-ring (bicyclic) bond motifs is 3. The molecule has 5 aromatic rings. The predicted molar refractivity (Wildman–Crippen MR) is 123 cm³/mol. The lowest BCUT2D eigenvalue weighted by Crippen LogP contribution is -2.05. The van der Waals surface area contributed by atoms with Crippen molar-refractivity contribution in [3.63, 3.8) is 0 Å². The molecule has 0 saturated carbocycles. The molecule has 140 valence electrons. The van der Waals surface area contributed by atoms with Crippen molar-refractivity contribution in [3.8, 4) is 5.69 Å². The Labute approximate surface area is 169 Å². The lowest BCUT2D eigenvalue weighted by molar-refractivity contribution is 1.18. The Bertz CT molecular complexity index is 1350. The van der Waals surface area contributed by atoms with E-state index in [4.69, 9.17) is 5.41 Å². The molecule has 0 bridgehead atoms. The molecule has 4 aromatic carbocycles. The zero-order valence-corrected chi connectivity index (χ0v) is 16.2. The van der Waals surface area contributed by atoms with Gasteiger partial charge in [0.25, 0.3) is 0 Å². The monoisotopic (exact) mass is 375 g/mol. The van der Waals surface area contributed by atoms with E-state index in [0.717, 1.165) is 28.0 Å².